The molecule has 0 aliphatic rings. The summed E-state index contributed by atoms with van der Waals surface area (Å²) in [6.07, 6.45) is 3.64. The molecular weight excluding hydrogens is 180 g/mol. The molecule has 0 radical (unpaired) electrons. The Bertz CT molecular complexity index is 281. The molecule has 0 atom stereocenters. The second kappa shape index (κ2) is 6.13. The molecule has 0 heterocycles. The summed E-state index contributed by atoms with van der Waals surface area (Å²) in [4.78, 5) is 21.6. The lowest BCUT2D eigenvalue weighted by Crippen LogP contribution is -1.99. The fourth-order valence-corrected chi connectivity index (χ4v) is 0.743. The van der Waals surface area contributed by atoms with Gasteiger partial charge in [-0.05, 0) is 27.2 Å². The third kappa shape index (κ3) is 6.17. The van der Waals surface area contributed by atoms with Crippen molar-refractivity contribution in [1.82, 2.24) is 0 Å². The van der Waals surface area contributed by atoms with E-state index >= 15 is 0 Å². The second-order valence-corrected chi connectivity index (χ2v) is 3.29. The van der Waals surface area contributed by atoms with Crippen LogP contribution in [0, 0.1) is 0 Å². The van der Waals surface area contributed by atoms with Crippen molar-refractivity contribution in [3.63, 3.8) is 0 Å². The second-order valence-electron chi connectivity index (χ2n) is 3.29. The fraction of sp³-hybridized carbons (Fsp3) is 0.455. The maximum atomic E-state index is 11.1. The lowest BCUT2D eigenvalue weighted by Gasteiger charge is -2.00. The van der Waals surface area contributed by atoms with E-state index in [9.17, 15) is 9.59 Å². The first-order chi connectivity index (χ1) is 6.43. The monoisotopic (exact) mass is 196 g/mol. The zero-order valence-electron chi connectivity index (χ0n) is 9.09. The quantitative estimate of drug-likeness (QED) is 0.300. The number of hydrogen-bond donors (Lipinski definition) is 0. The number of ketones is 1. The van der Waals surface area contributed by atoms with Crippen LogP contribution in [0.5, 0.6) is 0 Å². The molecule has 0 aromatic heterocycles. The molecule has 3 nitrogen and oxygen atoms in total. The Kier molecular flexibility index (Phi) is 5.53. The van der Waals surface area contributed by atoms with Crippen molar-refractivity contribution < 1.29 is 14.3 Å². The van der Waals surface area contributed by atoms with E-state index in [1.165, 1.54) is 20.1 Å². The number of carbonyl (C=O) groups excluding carboxylic acids is 2. The van der Waals surface area contributed by atoms with Crippen molar-refractivity contribution >= 4 is 11.8 Å². The van der Waals surface area contributed by atoms with Crippen LogP contribution in [0.25, 0.3) is 0 Å². The highest BCUT2D eigenvalue weighted by molar-refractivity contribution is 5.93. The van der Waals surface area contributed by atoms with E-state index in [2.05, 4.69) is 4.74 Å². The Morgan fingerprint density at radius 1 is 1.14 bits per heavy atom. The molecule has 0 amide bonds. The predicted octanol–water partition coefficient (Wildman–Crippen LogP) is 2.38. The fourth-order valence-electron chi connectivity index (χ4n) is 0.743. The lowest BCUT2D eigenvalue weighted by atomic mass is 10.1. The van der Waals surface area contributed by atoms with Gasteiger partial charge in [0, 0.05) is 12.5 Å². The van der Waals surface area contributed by atoms with Gasteiger partial charge >= 0.3 is 5.97 Å². The minimum atomic E-state index is -0.416. The minimum Gasteiger partial charge on any atom is -0.434 e. The number of Topliss-reactive ketones (excluding diaryl/α,β-unsaturated/α-hetero) is 1. The molecule has 0 N–H and O–H groups in total. The first-order valence-corrected chi connectivity index (χ1v) is 4.44. The number of ether oxygens (including phenoxy) is 1. The van der Waals surface area contributed by atoms with E-state index in [1.54, 1.807) is 0 Å². The third-order valence-corrected chi connectivity index (χ3v) is 1.55. The Morgan fingerprint density at radius 3 is 2.07 bits per heavy atom. The summed E-state index contributed by atoms with van der Waals surface area (Å²) < 4.78 is 4.65. The number of esters is 1. The van der Waals surface area contributed by atoms with Gasteiger partial charge in [0.1, 0.15) is 6.26 Å². The zero-order chi connectivity index (χ0) is 11.1. The van der Waals surface area contributed by atoms with E-state index in [0.717, 1.165) is 5.57 Å². The van der Waals surface area contributed by atoms with E-state index in [-0.39, 0.29) is 5.78 Å². The summed E-state index contributed by atoms with van der Waals surface area (Å²) in [6.45, 7) is 6.65. The van der Waals surface area contributed by atoms with Crippen molar-refractivity contribution in [3.05, 3.63) is 23.5 Å². The summed E-state index contributed by atoms with van der Waals surface area (Å²) in [5.41, 5.74) is 1.63. The zero-order valence-corrected chi connectivity index (χ0v) is 9.09. The maximum absolute atomic E-state index is 11.1. The van der Waals surface area contributed by atoms with E-state index in [1.807, 2.05) is 19.9 Å². The van der Waals surface area contributed by atoms with Crippen LogP contribution in [-0.2, 0) is 14.3 Å². The van der Waals surface area contributed by atoms with Gasteiger partial charge in [0.25, 0.3) is 0 Å². The van der Waals surface area contributed by atoms with Gasteiger partial charge in [0.05, 0.1) is 0 Å². The molecule has 0 rings (SSSR count). The Balaban J connectivity index is 4.44. The number of allylic oxidation sites excluding steroid dienone is 3. The van der Waals surface area contributed by atoms with Crippen molar-refractivity contribution in [1.29, 1.82) is 0 Å². The van der Waals surface area contributed by atoms with Crippen LogP contribution in [0.2, 0.25) is 0 Å². The highest BCUT2D eigenvalue weighted by Gasteiger charge is 2.03. The maximum Gasteiger partial charge on any atom is 0.307 e. The van der Waals surface area contributed by atoms with Crippen LogP contribution in [0.15, 0.2) is 23.5 Å². The van der Waals surface area contributed by atoms with Gasteiger partial charge in [0.15, 0.2) is 5.78 Å². The Hall–Kier alpha value is -1.38. The molecule has 0 unspecified atom stereocenters. The minimum absolute atomic E-state index is 0.0799. The molecule has 3 heteroatoms. The van der Waals surface area contributed by atoms with Gasteiger partial charge in [-0.15, -0.1) is 0 Å². The first-order valence-electron chi connectivity index (χ1n) is 4.44. The smallest absolute Gasteiger partial charge is 0.307 e. The van der Waals surface area contributed by atoms with E-state index < -0.39 is 5.97 Å². The summed E-state index contributed by atoms with van der Waals surface area (Å²) in [6, 6.07) is 0. The molecule has 0 bridgehead atoms. The van der Waals surface area contributed by atoms with Gasteiger partial charge in [-0.2, -0.15) is 0 Å². The summed E-state index contributed by atoms with van der Waals surface area (Å²) in [5, 5.41) is 0. The normalized spacial score (nSPS) is 10.7. The van der Waals surface area contributed by atoms with Crippen LogP contribution in [0.4, 0.5) is 0 Å². The molecule has 0 fully saturated rings. The predicted molar refractivity (Wildman–Crippen MR) is 54.6 cm³/mol. The Labute approximate surface area is 84.4 Å². The highest BCUT2D eigenvalue weighted by Crippen LogP contribution is 2.06. The van der Waals surface area contributed by atoms with Crippen LogP contribution in [0.1, 0.15) is 34.1 Å². The SMILES string of the molecule is CC(=O)OC=C(CC=C(C)C)C(C)=O. The largest absolute Gasteiger partial charge is 0.434 e. The van der Waals surface area contributed by atoms with Crippen molar-refractivity contribution in [3.8, 4) is 0 Å². The van der Waals surface area contributed by atoms with Gasteiger partial charge < -0.3 is 4.74 Å². The average molecular weight is 196 g/mol. The van der Waals surface area contributed by atoms with Crippen LogP contribution >= 0.6 is 0 Å². The first kappa shape index (κ1) is 12.6. The number of rotatable bonds is 4. The molecule has 14 heavy (non-hydrogen) atoms. The summed E-state index contributed by atoms with van der Waals surface area (Å²) >= 11 is 0. The molecule has 0 aromatic carbocycles. The van der Waals surface area contributed by atoms with E-state index in [0.29, 0.717) is 12.0 Å². The topological polar surface area (TPSA) is 43.4 Å². The molecule has 0 aliphatic heterocycles. The number of hydrogen-bond acceptors (Lipinski definition) is 3. The highest BCUT2D eigenvalue weighted by atomic mass is 16.5. The Morgan fingerprint density at radius 2 is 1.71 bits per heavy atom. The summed E-state index contributed by atoms with van der Waals surface area (Å²) in [5.74, 6) is -0.496. The van der Waals surface area contributed by atoms with Crippen LogP contribution < -0.4 is 0 Å². The van der Waals surface area contributed by atoms with Crippen molar-refractivity contribution in [2.75, 3.05) is 0 Å². The molecule has 78 valence electrons. The number of carbonyl (C=O) groups is 2. The van der Waals surface area contributed by atoms with Crippen molar-refractivity contribution in [2.45, 2.75) is 34.1 Å². The molecule has 0 saturated carbocycles. The lowest BCUT2D eigenvalue weighted by molar-refractivity contribution is -0.135. The van der Waals surface area contributed by atoms with Crippen molar-refractivity contribution in [2.24, 2.45) is 0 Å². The van der Waals surface area contributed by atoms with Crippen LogP contribution in [-0.4, -0.2) is 11.8 Å². The standard InChI is InChI=1S/C11H16O3/c1-8(2)5-6-11(9(3)12)7-14-10(4)13/h5,7H,6H2,1-4H3. The third-order valence-electron chi connectivity index (χ3n) is 1.55. The van der Waals surface area contributed by atoms with Gasteiger partial charge in [-0.1, -0.05) is 11.6 Å². The van der Waals surface area contributed by atoms with Gasteiger partial charge in [-0.25, -0.2) is 0 Å². The average Bonchev–Trinajstić information content (AvgIpc) is 2.02. The molecule has 0 aromatic rings. The molecule has 0 aliphatic carbocycles. The van der Waals surface area contributed by atoms with E-state index in [4.69, 9.17) is 0 Å². The molecule has 0 spiro atoms. The molecular formula is C11H16O3. The van der Waals surface area contributed by atoms with Gasteiger partial charge in [0.2, 0.25) is 0 Å². The molecule has 0 saturated heterocycles. The summed E-state index contributed by atoms with van der Waals surface area (Å²) in [7, 11) is 0. The van der Waals surface area contributed by atoms with Crippen LogP contribution in [0.3, 0.4) is 0 Å². The van der Waals surface area contributed by atoms with Gasteiger partial charge in [-0.3, -0.25) is 9.59 Å².